The lowest BCUT2D eigenvalue weighted by Crippen LogP contribution is -2.27. The van der Waals surface area contributed by atoms with Crippen LogP contribution in [0.5, 0.6) is 0 Å². The third-order valence-corrected chi connectivity index (χ3v) is 3.99. The van der Waals surface area contributed by atoms with Crippen LogP contribution >= 0.6 is 11.6 Å². The smallest absolute Gasteiger partial charge is 0.358 e. The first-order chi connectivity index (χ1) is 11.3. The summed E-state index contributed by atoms with van der Waals surface area (Å²) in [6.45, 7) is 6.82. The van der Waals surface area contributed by atoms with Gasteiger partial charge in [0.15, 0.2) is 5.02 Å². The van der Waals surface area contributed by atoms with Crippen LogP contribution in [0.1, 0.15) is 37.6 Å². The highest BCUT2D eigenvalue weighted by molar-refractivity contribution is 6.32. The van der Waals surface area contributed by atoms with Gasteiger partial charge in [-0.2, -0.15) is 9.78 Å². The van der Waals surface area contributed by atoms with E-state index in [1.54, 1.807) is 6.20 Å². The molecule has 0 aliphatic heterocycles. The minimum atomic E-state index is -0.658. The molecule has 0 unspecified atom stereocenters. The van der Waals surface area contributed by atoms with Crippen LogP contribution in [0.4, 0.5) is 5.82 Å². The second-order valence-electron chi connectivity index (χ2n) is 5.36. The predicted octanol–water partition coefficient (Wildman–Crippen LogP) is 2.24. The molecule has 2 aromatic rings. The number of rotatable bonds is 7. The van der Waals surface area contributed by atoms with E-state index in [9.17, 15) is 14.9 Å². The van der Waals surface area contributed by atoms with Gasteiger partial charge in [0, 0.05) is 24.2 Å². The van der Waals surface area contributed by atoms with Crippen molar-refractivity contribution in [1.82, 2.24) is 24.9 Å². The molecule has 9 nitrogen and oxygen atoms in total. The number of carbonyl (C=O) groups is 1. The van der Waals surface area contributed by atoms with E-state index in [0.717, 1.165) is 17.8 Å². The fraction of sp³-hybridized carbons (Fsp3) is 0.500. The van der Waals surface area contributed by atoms with Crippen molar-refractivity contribution in [2.75, 3.05) is 0 Å². The van der Waals surface area contributed by atoms with Crippen molar-refractivity contribution in [3.63, 3.8) is 0 Å². The SMILES string of the molecule is CCn1ncc([C@@H](C)NC(=O)CCn2cc(Cl)c([N+](=O)[O-])n2)c1C. The zero-order chi connectivity index (χ0) is 17.9. The topological polar surface area (TPSA) is 108 Å². The Morgan fingerprint density at radius 1 is 1.54 bits per heavy atom. The molecule has 0 radical (unpaired) electrons. The van der Waals surface area contributed by atoms with Crippen LogP contribution in [-0.4, -0.2) is 30.4 Å². The summed E-state index contributed by atoms with van der Waals surface area (Å²) < 4.78 is 3.16. The number of aromatic nitrogens is 4. The van der Waals surface area contributed by atoms with Crippen molar-refractivity contribution in [3.05, 3.63) is 38.8 Å². The lowest BCUT2D eigenvalue weighted by Gasteiger charge is -2.13. The average Bonchev–Trinajstić information content (AvgIpc) is 3.07. The van der Waals surface area contributed by atoms with Crippen molar-refractivity contribution >= 4 is 23.3 Å². The van der Waals surface area contributed by atoms with Gasteiger partial charge in [-0.15, -0.1) is 0 Å². The molecule has 2 rings (SSSR count). The van der Waals surface area contributed by atoms with Gasteiger partial charge in [-0.25, -0.2) is 0 Å². The number of nitrogens with zero attached hydrogens (tertiary/aromatic N) is 5. The molecule has 0 aromatic carbocycles. The molecule has 1 N–H and O–H groups in total. The van der Waals surface area contributed by atoms with Gasteiger partial charge in [0.1, 0.15) is 0 Å². The number of carbonyl (C=O) groups excluding carboxylic acids is 1. The number of hydrogen-bond acceptors (Lipinski definition) is 5. The van der Waals surface area contributed by atoms with E-state index in [4.69, 9.17) is 11.6 Å². The summed E-state index contributed by atoms with van der Waals surface area (Å²) in [6.07, 6.45) is 3.23. The minimum absolute atomic E-state index is 0.0450. The number of hydrogen-bond donors (Lipinski definition) is 1. The lowest BCUT2D eigenvalue weighted by atomic mass is 10.1. The van der Waals surface area contributed by atoms with E-state index in [-0.39, 0.29) is 29.9 Å². The molecule has 130 valence electrons. The van der Waals surface area contributed by atoms with Crippen LogP contribution in [0, 0.1) is 17.0 Å². The predicted molar refractivity (Wildman–Crippen MR) is 87.7 cm³/mol. The third-order valence-electron chi connectivity index (χ3n) is 3.72. The highest BCUT2D eigenvalue weighted by Gasteiger charge is 2.20. The number of amides is 1. The number of nitro groups is 1. The molecule has 0 bridgehead atoms. The Kier molecular flexibility index (Phi) is 5.55. The summed E-state index contributed by atoms with van der Waals surface area (Å²) in [4.78, 5) is 22.1. The van der Waals surface area contributed by atoms with Gasteiger partial charge in [0.25, 0.3) is 0 Å². The normalized spacial score (nSPS) is 12.2. The first-order valence-corrected chi connectivity index (χ1v) is 7.90. The standard InChI is InChI=1S/C14H19ClN6O3/c1-4-20-10(3)11(7-16-20)9(2)17-13(22)5-6-19-8-12(15)14(18-19)21(23)24/h7-9H,4-6H2,1-3H3,(H,17,22)/t9-/m1/s1. The molecule has 1 amide bonds. The van der Waals surface area contributed by atoms with Crippen molar-refractivity contribution in [1.29, 1.82) is 0 Å². The molecule has 0 saturated heterocycles. The maximum atomic E-state index is 12.1. The van der Waals surface area contributed by atoms with Crippen molar-refractivity contribution in [2.24, 2.45) is 0 Å². The van der Waals surface area contributed by atoms with Crippen molar-refractivity contribution in [3.8, 4) is 0 Å². The Bertz CT molecular complexity index is 754. The second kappa shape index (κ2) is 7.43. The molecule has 24 heavy (non-hydrogen) atoms. The molecular weight excluding hydrogens is 336 g/mol. The van der Waals surface area contributed by atoms with E-state index in [0.29, 0.717) is 0 Å². The van der Waals surface area contributed by atoms with Crippen LogP contribution in [0.2, 0.25) is 5.02 Å². The number of aryl methyl sites for hydroxylation is 2. The van der Waals surface area contributed by atoms with Gasteiger partial charge < -0.3 is 15.4 Å². The Labute approximate surface area is 143 Å². The summed E-state index contributed by atoms with van der Waals surface area (Å²) in [5.74, 6) is -0.589. The molecule has 0 spiro atoms. The van der Waals surface area contributed by atoms with Crippen LogP contribution in [0.25, 0.3) is 0 Å². The zero-order valence-electron chi connectivity index (χ0n) is 13.7. The van der Waals surface area contributed by atoms with Crippen LogP contribution in [0.15, 0.2) is 12.4 Å². The quantitative estimate of drug-likeness (QED) is 0.606. The van der Waals surface area contributed by atoms with Gasteiger partial charge in [0.05, 0.1) is 30.1 Å². The summed E-state index contributed by atoms with van der Waals surface area (Å²) in [6, 6.07) is -0.173. The fourth-order valence-electron chi connectivity index (χ4n) is 2.44. The Hall–Kier alpha value is -2.42. The number of halogens is 1. The van der Waals surface area contributed by atoms with Gasteiger partial charge in [-0.1, -0.05) is 11.6 Å². The molecule has 10 heteroatoms. The van der Waals surface area contributed by atoms with E-state index in [1.165, 1.54) is 10.9 Å². The maximum absolute atomic E-state index is 12.1. The highest BCUT2D eigenvalue weighted by Crippen LogP contribution is 2.21. The van der Waals surface area contributed by atoms with Crippen LogP contribution in [-0.2, 0) is 17.9 Å². The summed E-state index contributed by atoms with van der Waals surface area (Å²) in [5.41, 5.74) is 1.97. The molecule has 0 aliphatic carbocycles. The molecule has 1 atom stereocenters. The van der Waals surface area contributed by atoms with Crippen LogP contribution < -0.4 is 5.32 Å². The van der Waals surface area contributed by atoms with E-state index >= 15 is 0 Å². The van der Waals surface area contributed by atoms with Gasteiger partial charge >= 0.3 is 5.82 Å². The average molecular weight is 355 g/mol. The Balaban J connectivity index is 1.92. The third kappa shape index (κ3) is 3.91. The van der Waals surface area contributed by atoms with Gasteiger partial charge in [-0.05, 0) is 25.7 Å². The van der Waals surface area contributed by atoms with Crippen LogP contribution in [0.3, 0.4) is 0 Å². The summed E-state index contributed by atoms with van der Waals surface area (Å²) >= 11 is 5.72. The molecule has 0 saturated carbocycles. The molecular formula is C14H19ClN6O3. The monoisotopic (exact) mass is 354 g/mol. The zero-order valence-corrected chi connectivity index (χ0v) is 14.4. The van der Waals surface area contributed by atoms with E-state index in [2.05, 4.69) is 15.5 Å². The molecule has 2 aromatic heterocycles. The molecule has 0 aliphatic rings. The number of nitrogens with one attached hydrogen (secondary N) is 1. The van der Waals surface area contributed by atoms with Crippen molar-refractivity contribution in [2.45, 2.75) is 46.3 Å². The molecule has 0 fully saturated rings. The highest BCUT2D eigenvalue weighted by atomic mass is 35.5. The van der Waals surface area contributed by atoms with E-state index in [1.807, 2.05) is 25.5 Å². The Morgan fingerprint density at radius 3 is 2.79 bits per heavy atom. The summed E-state index contributed by atoms with van der Waals surface area (Å²) in [7, 11) is 0. The molecule has 2 heterocycles. The Morgan fingerprint density at radius 2 is 2.25 bits per heavy atom. The van der Waals surface area contributed by atoms with Crippen molar-refractivity contribution < 1.29 is 9.72 Å². The first kappa shape index (κ1) is 17.9. The van der Waals surface area contributed by atoms with Gasteiger partial charge in [-0.3, -0.25) is 9.48 Å². The maximum Gasteiger partial charge on any atom is 0.408 e. The summed E-state index contributed by atoms with van der Waals surface area (Å²) in [5, 5.41) is 21.5. The minimum Gasteiger partial charge on any atom is -0.358 e. The fourth-order valence-corrected chi connectivity index (χ4v) is 2.66. The lowest BCUT2D eigenvalue weighted by molar-refractivity contribution is -0.389. The second-order valence-corrected chi connectivity index (χ2v) is 5.77. The van der Waals surface area contributed by atoms with Gasteiger partial charge in [0.2, 0.25) is 5.91 Å². The first-order valence-electron chi connectivity index (χ1n) is 7.52. The largest absolute Gasteiger partial charge is 0.408 e. The van der Waals surface area contributed by atoms with E-state index < -0.39 is 10.7 Å².